The fourth-order valence-corrected chi connectivity index (χ4v) is 2.99. The van der Waals surface area contributed by atoms with Crippen molar-refractivity contribution in [3.63, 3.8) is 0 Å². The molecule has 3 aromatic heterocycles. The van der Waals surface area contributed by atoms with Gasteiger partial charge in [-0.3, -0.25) is 9.97 Å². The number of nitrogens with zero attached hydrogens (tertiary/aromatic N) is 3. The normalized spacial score (nSPS) is 14.0. The van der Waals surface area contributed by atoms with Gasteiger partial charge in [-0.2, -0.15) is 0 Å². The van der Waals surface area contributed by atoms with Crippen molar-refractivity contribution in [2.75, 3.05) is 13.2 Å². The summed E-state index contributed by atoms with van der Waals surface area (Å²) in [7, 11) is 0. The number of aromatic nitrogens is 4. The van der Waals surface area contributed by atoms with Crippen molar-refractivity contribution in [2.45, 2.75) is 6.29 Å². The average molecular weight is 416 g/mol. The van der Waals surface area contributed by atoms with E-state index in [1.807, 2.05) is 30.3 Å². The van der Waals surface area contributed by atoms with Gasteiger partial charge in [0.2, 0.25) is 6.29 Å². The third-order valence-corrected chi connectivity index (χ3v) is 4.48. The van der Waals surface area contributed by atoms with Crippen molar-refractivity contribution in [2.24, 2.45) is 0 Å². The Morgan fingerprint density at radius 3 is 2.06 bits per heavy atom. The molecule has 0 aliphatic carbocycles. The Kier molecular flexibility index (Phi) is 6.56. The van der Waals surface area contributed by atoms with Crippen LogP contribution in [0.5, 0.6) is 0 Å². The van der Waals surface area contributed by atoms with Crippen LogP contribution < -0.4 is 0 Å². The Bertz CT molecular complexity index is 1080. The van der Waals surface area contributed by atoms with Crippen molar-refractivity contribution in [3.05, 3.63) is 103 Å². The van der Waals surface area contributed by atoms with E-state index in [-0.39, 0.29) is 5.82 Å². The van der Waals surface area contributed by atoms with Gasteiger partial charge in [-0.15, -0.1) is 0 Å². The van der Waals surface area contributed by atoms with Crippen LogP contribution in [0.3, 0.4) is 0 Å². The number of H-pyrrole nitrogens is 1. The average Bonchev–Trinajstić information content (AvgIpc) is 3.28. The summed E-state index contributed by atoms with van der Waals surface area (Å²) in [6.07, 6.45) is 6.34. The SMILES string of the molecule is C=C1COC(c2nc(-c3ccc(F)cc3)c(-c3ccncc3)[nH]2)OC1.c1ccncc1. The Hall–Kier alpha value is -3.68. The lowest BCUT2D eigenvalue weighted by molar-refractivity contribution is -0.165. The van der Waals surface area contributed by atoms with E-state index in [1.165, 1.54) is 12.1 Å². The van der Waals surface area contributed by atoms with Crippen LogP contribution in [0.1, 0.15) is 12.1 Å². The predicted molar refractivity (Wildman–Crippen MR) is 115 cm³/mol. The molecule has 1 aliphatic heterocycles. The van der Waals surface area contributed by atoms with Crippen molar-refractivity contribution in [1.82, 2.24) is 19.9 Å². The zero-order valence-electron chi connectivity index (χ0n) is 16.7. The van der Waals surface area contributed by atoms with Gasteiger partial charge in [-0.1, -0.05) is 12.6 Å². The summed E-state index contributed by atoms with van der Waals surface area (Å²) in [5.74, 6) is 0.279. The van der Waals surface area contributed by atoms with E-state index in [0.29, 0.717) is 24.7 Å². The van der Waals surface area contributed by atoms with Crippen molar-refractivity contribution >= 4 is 0 Å². The van der Waals surface area contributed by atoms with Crippen LogP contribution in [0.4, 0.5) is 4.39 Å². The van der Waals surface area contributed by atoms with E-state index in [9.17, 15) is 4.39 Å². The Labute approximate surface area is 179 Å². The molecule has 0 amide bonds. The Balaban J connectivity index is 0.000000334. The van der Waals surface area contributed by atoms with Gasteiger partial charge >= 0.3 is 0 Å². The summed E-state index contributed by atoms with van der Waals surface area (Å²) in [5, 5.41) is 0. The monoisotopic (exact) mass is 416 g/mol. The first-order valence-electron chi connectivity index (χ1n) is 9.72. The van der Waals surface area contributed by atoms with E-state index in [2.05, 4.69) is 26.5 Å². The Morgan fingerprint density at radius 2 is 1.48 bits per heavy atom. The van der Waals surface area contributed by atoms with Gasteiger partial charge < -0.3 is 14.5 Å². The van der Waals surface area contributed by atoms with E-state index in [1.54, 1.807) is 36.9 Å². The number of benzene rings is 1. The quantitative estimate of drug-likeness (QED) is 0.478. The molecule has 1 N–H and O–H groups in total. The number of hydrogen-bond acceptors (Lipinski definition) is 5. The van der Waals surface area contributed by atoms with Gasteiger partial charge in [0.05, 0.1) is 24.6 Å². The molecule has 1 fully saturated rings. The first kappa shape index (κ1) is 20.6. The van der Waals surface area contributed by atoms with Crippen LogP contribution in [0.25, 0.3) is 22.5 Å². The van der Waals surface area contributed by atoms with Gasteiger partial charge in [0.15, 0.2) is 5.82 Å². The summed E-state index contributed by atoms with van der Waals surface area (Å²) in [4.78, 5) is 15.8. The number of rotatable bonds is 3. The van der Waals surface area contributed by atoms with Crippen LogP contribution in [0.2, 0.25) is 0 Å². The van der Waals surface area contributed by atoms with Gasteiger partial charge in [0, 0.05) is 35.9 Å². The second kappa shape index (κ2) is 9.88. The molecule has 6 nitrogen and oxygen atoms in total. The molecule has 1 saturated heterocycles. The van der Waals surface area contributed by atoms with Crippen molar-refractivity contribution in [1.29, 1.82) is 0 Å². The van der Waals surface area contributed by atoms with Crippen LogP contribution in [0.15, 0.2) is 91.5 Å². The molecule has 0 radical (unpaired) electrons. The number of aromatic amines is 1. The molecular weight excluding hydrogens is 395 g/mol. The highest BCUT2D eigenvalue weighted by molar-refractivity contribution is 5.78. The van der Waals surface area contributed by atoms with E-state index in [4.69, 9.17) is 9.47 Å². The predicted octanol–water partition coefficient (Wildman–Crippen LogP) is 4.96. The third-order valence-electron chi connectivity index (χ3n) is 4.48. The van der Waals surface area contributed by atoms with Gasteiger partial charge in [0.25, 0.3) is 0 Å². The summed E-state index contributed by atoms with van der Waals surface area (Å²) in [5.41, 5.74) is 4.12. The molecule has 156 valence electrons. The number of imidazole rings is 1. The van der Waals surface area contributed by atoms with E-state index >= 15 is 0 Å². The van der Waals surface area contributed by atoms with Gasteiger partial charge in [-0.25, -0.2) is 9.37 Å². The van der Waals surface area contributed by atoms with Crippen LogP contribution in [-0.4, -0.2) is 33.1 Å². The van der Waals surface area contributed by atoms with Crippen molar-refractivity contribution in [3.8, 4) is 22.5 Å². The smallest absolute Gasteiger partial charge is 0.217 e. The molecule has 1 aliphatic rings. The number of nitrogens with one attached hydrogen (secondary N) is 1. The maximum Gasteiger partial charge on any atom is 0.217 e. The maximum atomic E-state index is 13.3. The largest absolute Gasteiger partial charge is 0.341 e. The van der Waals surface area contributed by atoms with E-state index < -0.39 is 6.29 Å². The number of hydrogen-bond donors (Lipinski definition) is 1. The lowest BCUT2D eigenvalue weighted by Crippen LogP contribution is -2.20. The summed E-state index contributed by atoms with van der Waals surface area (Å²) < 4.78 is 24.6. The third kappa shape index (κ3) is 5.28. The highest BCUT2D eigenvalue weighted by atomic mass is 19.1. The van der Waals surface area contributed by atoms with Crippen molar-refractivity contribution < 1.29 is 13.9 Å². The van der Waals surface area contributed by atoms with Crippen LogP contribution in [-0.2, 0) is 9.47 Å². The number of halogens is 1. The fraction of sp³-hybridized carbons (Fsp3) is 0.125. The molecule has 0 spiro atoms. The lowest BCUT2D eigenvalue weighted by Gasteiger charge is -2.22. The standard InChI is InChI=1S/C19H16FN3O2.C5H5N/c1-12-10-24-19(25-11-12)18-22-16(13-2-4-15(20)5-3-13)17(23-18)14-6-8-21-9-7-14;1-2-4-6-5-3-1/h2-9,19H,1,10-11H2,(H,22,23);1-5H. The Morgan fingerprint density at radius 1 is 0.839 bits per heavy atom. The topological polar surface area (TPSA) is 72.9 Å². The number of ether oxygens (including phenoxy) is 2. The zero-order chi connectivity index (χ0) is 21.5. The molecule has 0 atom stereocenters. The highest BCUT2D eigenvalue weighted by Crippen LogP contribution is 2.33. The zero-order valence-corrected chi connectivity index (χ0v) is 16.7. The molecular formula is C24H21FN4O2. The van der Waals surface area contributed by atoms with Crippen LogP contribution in [0, 0.1) is 5.82 Å². The molecule has 4 heterocycles. The lowest BCUT2D eigenvalue weighted by atomic mass is 10.1. The second-order valence-corrected chi connectivity index (χ2v) is 6.82. The van der Waals surface area contributed by atoms with Gasteiger partial charge in [-0.05, 0) is 54.1 Å². The molecule has 0 saturated carbocycles. The first-order chi connectivity index (χ1) is 15.2. The van der Waals surface area contributed by atoms with Crippen LogP contribution >= 0.6 is 0 Å². The molecule has 0 unspecified atom stereocenters. The molecule has 31 heavy (non-hydrogen) atoms. The minimum atomic E-state index is -0.583. The second-order valence-electron chi connectivity index (χ2n) is 6.82. The molecule has 7 heteroatoms. The summed E-state index contributed by atoms with van der Waals surface area (Å²) in [6.45, 7) is 4.71. The number of pyridine rings is 2. The highest BCUT2D eigenvalue weighted by Gasteiger charge is 2.24. The van der Waals surface area contributed by atoms with Gasteiger partial charge in [0.1, 0.15) is 5.82 Å². The fourth-order valence-electron chi connectivity index (χ4n) is 2.99. The maximum absolute atomic E-state index is 13.3. The van der Waals surface area contributed by atoms with E-state index in [0.717, 1.165) is 22.4 Å². The molecule has 5 rings (SSSR count). The minimum absolute atomic E-state index is 0.289. The molecule has 1 aromatic carbocycles. The molecule has 4 aromatic rings. The summed E-state index contributed by atoms with van der Waals surface area (Å²) in [6, 6.07) is 15.7. The minimum Gasteiger partial charge on any atom is -0.341 e. The molecule has 0 bridgehead atoms. The summed E-state index contributed by atoms with van der Waals surface area (Å²) >= 11 is 0. The first-order valence-corrected chi connectivity index (χ1v) is 9.72.